The lowest BCUT2D eigenvalue weighted by atomic mass is 10.0. The standard InChI is InChI=1S/C14H18N2O5S/c1-9(14(18)19)15-13(17)11-5-6-12-10(8-11)4-3-7-16(12)22(2,20)21/h5-6,8-9H,3-4,7H2,1-2H3,(H,15,17)(H,18,19)/t9-/m1/s1. The average Bonchev–Trinajstić information content (AvgIpc) is 2.44. The maximum atomic E-state index is 12.0. The Bertz CT molecular complexity index is 714. The number of carboxylic acid groups (broad SMARTS) is 1. The molecule has 0 saturated carbocycles. The predicted molar refractivity (Wildman–Crippen MR) is 81.5 cm³/mol. The molecule has 1 aromatic carbocycles. The number of fused-ring (bicyclic) bond motifs is 1. The number of hydrogen-bond acceptors (Lipinski definition) is 4. The molecule has 0 bridgehead atoms. The number of amides is 1. The maximum Gasteiger partial charge on any atom is 0.325 e. The van der Waals surface area contributed by atoms with Crippen LogP contribution in [0.2, 0.25) is 0 Å². The van der Waals surface area contributed by atoms with Gasteiger partial charge in [-0.3, -0.25) is 13.9 Å². The van der Waals surface area contributed by atoms with Gasteiger partial charge in [-0.05, 0) is 43.5 Å². The monoisotopic (exact) mass is 326 g/mol. The van der Waals surface area contributed by atoms with Crippen LogP contribution < -0.4 is 9.62 Å². The fourth-order valence-electron chi connectivity index (χ4n) is 2.39. The second kappa shape index (κ2) is 5.96. The Morgan fingerprint density at radius 2 is 2.05 bits per heavy atom. The van der Waals surface area contributed by atoms with Crippen molar-refractivity contribution in [3.63, 3.8) is 0 Å². The van der Waals surface area contributed by atoms with E-state index in [1.54, 1.807) is 12.1 Å². The third kappa shape index (κ3) is 3.38. The molecule has 1 aliphatic heterocycles. The summed E-state index contributed by atoms with van der Waals surface area (Å²) in [4.78, 5) is 22.8. The Morgan fingerprint density at radius 1 is 1.36 bits per heavy atom. The summed E-state index contributed by atoms with van der Waals surface area (Å²) in [5.41, 5.74) is 1.67. The number of benzene rings is 1. The van der Waals surface area contributed by atoms with Crippen molar-refractivity contribution in [2.75, 3.05) is 17.1 Å². The van der Waals surface area contributed by atoms with E-state index in [2.05, 4.69) is 5.32 Å². The predicted octanol–water partition coefficient (Wildman–Crippen LogP) is 0.602. The van der Waals surface area contributed by atoms with Gasteiger partial charge in [0.2, 0.25) is 10.0 Å². The Kier molecular flexibility index (Phi) is 4.41. The molecule has 0 saturated heterocycles. The second-order valence-electron chi connectivity index (χ2n) is 5.32. The number of carbonyl (C=O) groups is 2. The molecule has 1 amide bonds. The molecule has 7 nitrogen and oxygen atoms in total. The highest BCUT2D eigenvalue weighted by molar-refractivity contribution is 7.92. The molecular formula is C14H18N2O5S. The van der Waals surface area contributed by atoms with Crippen LogP contribution in [0.3, 0.4) is 0 Å². The van der Waals surface area contributed by atoms with E-state index in [4.69, 9.17) is 5.11 Å². The van der Waals surface area contributed by atoms with E-state index < -0.39 is 27.9 Å². The van der Waals surface area contributed by atoms with Crippen LogP contribution in [0.25, 0.3) is 0 Å². The van der Waals surface area contributed by atoms with Gasteiger partial charge in [0.25, 0.3) is 5.91 Å². The van der Waals surface area contributed by atoms with E-state index in [9.17, 15) is 18.0 Å². The summed E-state index contributed by atoms with van der Waals surface area (Å²) in [6.45, 7) is 1.80. The summed E-state index contributed by atoms with van der Waals surface area (Å²) < 4.78 is 24.9. The van der Waals surface area contributed by atoms with Gasteiger partial charge in [-0.25, -0.2) is 8.42 Å². The van der Waals surface area contributed by atoms with E-state index in [0.29, 0.717) is 30.6 Å². The summed E-state index contributed by atoms with van der Waals surface area (Å²) in [6.07, 6.45) is 2.50. The third-order valence-corrected chi connectivity index (χ3v) is 4.72. The first-order valence-electron chi connectivity index (χ1n) is 6.84. The number of aryl methyl sites for hydroxylation is 1. The van der Waals surface area contributed by atoms with Crippen LogP contribution in [0, 0.1) is 0 Å². The van der Waals surface area contributed by atoms with Crippen LogP contribution >= 0.6 is 0 Å². The SMILES string of the molecule is C[C@@H](NC(=O)c1ccc2c(c1)CCCN2S(C)(=O)=O)C(=O)O. The average molecular weight is 326 g/mol. The zero-order valence-corrected chi connectivity index (χ0v) is 13.2. The van der Waals surface area contributed by atoms with Gasteiger partial charge in [-0.15, -0.1) is 0 Å². The molecule has 0 fully saturated rings. The number of hydrogen-bond donors (Lipinski definition) is 2. The van der Waals surface area contributed by atoms with Crippen molar-refractivity contribution >= 4 is 27.6 Å². The van der Waals surface area contributed by atoms with Gasteiger partial charge in [0.15, 0.2) is 0 Å². The Morgan fingerprint density at radius 3 is 2.64 bits per heavy atom. The van der Waals surface area contributed by atoms with Crippen molar-refractivity contribution < 1.29 is 23.1 Å². The lowest BCUT2D eigenvalue weighted by Crippen LogP contribution is -2.38. The number of sulfonamides is 1. The molecule has 0 unspecified atom stereocenters. The van der Waals surface area contributed by atoms with Gasteiger partial charge in [0.1, 0.15) is 6.04 Å². The normalized spacial score (nSPS) is 15.8. The Balaban J connectivity index is 2.29. The quantitative estimate of drug-likeness (QED) is 0.843. The Labute approximate surface area is 129 Å². The highest BCUT2D eigenvalue weighted by Gasteiger charge is 2.25. The molecule has 0 radical (unpaired) electrons. The summed E-state index contributed by atoms with van der Waals surface area (Å²) in [5.74, 6) is -1.61. The van der Waals surface area contributed by atoms with Gasteiger partial charge in [0.05, 0.1) is 11.9 Å². The molecule has 1 atom stereocenters. The zero-order valence-electron chi connectivity index (χ0n) is 12.4. The van der Waals surface area contributed by atoms with E-state index in [-0.39, 0.29) is 0 Å². The molecule has 2 rings (SSSR count). The lowest BCUT2D eigenvalue weighted by molar-refractivity contribution is -0.138. The summed E-state index contributed by atoms with van der Waals surface area (Å²) in [7, 11) is -3.35. The van der Waals surface area contributed by atoms with Crippen molar-refractivity contribution in [1.82, 2.24) is 5.32 Å². The summed E-state index contributed by atoms with van der Waals surface area (Å²) in [5, 5.41) is 11.2. The number of anilines is 1. The molecule has 8 heteroatoms. The van der Waals surface area contributed by atoms with Gasteiger partial charge in [0, 0.05) is 12.1 Å². The van der Waals surface area contributed by atoms with Crippen LogP contribution in [0.1, 0.15) is 29.3 Å². The van der Waals surface area contributed by atoms with E-state index in [1.165, 1.54) is 17.3 Å². The number of rotatable bonds is 4. The minimum absolute atomic E-state index is 0.321. The summed E-state index contributed by atoms with van der Waals surface area (Å²) in [6, 6.07) is 3.73. The first kappa shape index (κ1) is 16.3. The minimum atomic E-state index is -3.35. The largest absolute Gasteiger partial charge is 0.480 e. The van der Waals surface area contributed by atoms with Crippen molar-refractivity contribution in [2.24, 2.45) is 0 Å². The van der Waals surface area contributed by atoms with E-state index in [0.717, 1.165) is 11.8 Å². The van der Waals surface area contributed by atoms with Crippen LogP contribution in [0.5, 0.6) is 0 Å². The van der Waals surface area contributed by atoms with Gasteiger partial charge in [-0.2, -0.15) is 0 Å². The van der Waals surface area contributed by atoms with Crippen molar-refractivity contribution in [3.05, 3.63) is 29.3 Å². The number of carbonyl (C=O) groups excluding carboxylic acids is 1. The van der Waals surface area contributed by atoms with E-state index >= 15 is 0 Å². The molecule has 1 aliphatic rings. The van der Waals surface area contributed by atoms with Gasteiger partial charge in [-0.1, -0.05) is 0 Å². The second-order valence-corrected chi connectivity index (χ2v) is 7.22. The van der Waals surface area contributed by atoms with Gasteiger partial charge >= 0.3 is 5.97 Å². The number of nitrogens with zero attached hydrogens (tertiary/aromatic N) is 1. The Hall–Kier alpha value is -2.09. The molecule has 2 N–H and O–H groups in total. The summed E-state index contributed by atoms with van der Waals surface area (Å²) >= 11 is 0. The first-order valence-corrected chi connectivity index (χ1v) is 8.69. The molecule has 1 heterocycles. The lowest BCUT2D eigenvalue weighted by Gasteiger charge is -2.29. The first-order chi connectivity index (χ1) is 10.2. The molecule has 0 spiro atoms. The molecular weight excluding hydrogens is 308 g/mol. The molecule has 0 aliphatic carbocycles. The molecule has 120 valence electrons. The number of nitrogens with one attached hydrogen (secondary N) is 1. The number of carboxylic acids is 1. The van der Waals surface area contributed by atoms with Crippen LogP contribution in [-0.2, 0) is 21.2 Å². The fourth-order valence-corrected chi connectivity index (χ4v) is 3.39. The van der Waals surface area contributed by atoms with Crippen LogP contribution in [0.15, 0.2) is 18.2 Å². The van der Waals surface area contributed by atoms with E-state index in [1.807, 2.05) is 0 Å². The third-order valence-electron chi connectivity index (χ3n) is 3.54. The highest BCUT2D eigenvalue weighted by atomic mass is 32.2. The van der Waals surface area contributed by atoms with Crippen LogP contribution in [-0.4, -0.2) is 44.2 Å². The van der Waals surface area contributed by atoms with Crippen molar-refractivity contribution in [3.8, 4) is 0 Å². The molecule has 0 aromatic heterocycles. The topological polar surface area (TPSA) is 104 Å². The van der Waals surface area contributed by atoms with Crippen LogP contribution in [0.4, 0.5) is 5.69 Å². The molecule has 22 heavy (non-hydrogen) atoms. The smallest absolute Gasteiger partial charge is 0.325 e. The highest BCUT2D eigenvalue weighted by Crippen LogP contribution is 2.29. The molecule has 1 aromatic rings. The number of aliphatic carboxylic acids is 1. The van der Waals surface area contributed by atoms with Crippen molar-refractivity contribution in [1.29, 1.82) is 0 Å². The fraction of sp³-hybridized carbons (Fsp3) is 0.429. The van der Waals surface area contributed by atoms with Crippen molar-refractivity contribution in [2.45, 2.75) is 25.8 Å². The zero-order chi connectivity index (χ0) is 16.5. The minimum Gasteiger partial charge on any atom is -0.480 e. The maximum absolute atomic E-state index is 12.0. The van der Waals surface area contributed by atoms with Gasteiger partial charge < -0.3 is 10.4 Å².